The summed E-state index contributed by atoms with van der Waals surface area (Å²) in [5, 5.41) is 0. The Kier molecular flexibility index (Phi) is 2.52. The molecule has 4 nitrogen and oxygen atoms in total. The van der Waals surface area contributed by atoms with Crippen molar-refractivity contribution in [2.75, 3.05) is 0 Å². The van der Waals surface area contributed by atoms with Gasteiger partial charge in [-0.15, -0.1) is 0 Å². The molecule has 1 heterocycles. The van der Waals surface area contributed by atoms with E-state index in [9.17, 15) is 9.59 Å². The van der Waals surface area contributed by atoms with Crippen LogP contribution in [-0.4, -0.2) is 23.6 Å². The summed E-state index contributed by atoms with van der Waals surface area (Å²) < 4.78 is 9.99. The minimum absolute atomic E-state index is 0.129. The van der Waals surface area contributed by atoms with E-state index in [1.165, 1.54) is 19.1 Å². The van der Waals surface area contributed by atoms with Crippen molar-refractivity contribution in [2.45, 2.75) is 32.7 Å². The van der Waals surface area contributed by atoms with Gasteiger partial charge in [-0.3, -0.25) is 9.59 Å². The van der Waals surface area contributed by atoms with Gasteiger partial charge in [-0.25, -0.2) is 0 Å². The van der Waals surface area contributed by atoms with Crippen molar-refractivity contribution in [1.82, 2.24) is 0 Å². The lowest BCUT2D eigenvalue weighted by molar-refractivity contribution is -0.193. The van der Waals surface area contributed by atoms with Gasteiger partial charge in [-0.05, 0) is 26.0 Å². The molecule has 0 fully saturated rings. The molecule has 0 radical (unpaired) electrons. The molecule has 0 N–H and O–H groups in total. The van der Waals surface area contributed by atoms with Crippen molar-refractivity contribution in [3.8, 4) is 0 Å². The summed E-state index contributed by atoms with van der Waals surface area (Å²) in [6.45, 7) is 4.56. The Balaban J connectivity index is 2.69. The van der Waals surface area contributed by atoms with Gasteiger partial charge in [-0.2, -0.15) is 0 Å². The highest BCUT2D eigenvalue weighted by atomic mass is 16.7. The Morgan fingerprint density at radius 3 is 2.69 bits per heavy atom. The van der Waals surface area contributed by atoms with Gasteiger partial charge in [-0.1, -0.05) is 0 Å². The number of esters is 1. The topological polar surface area (TPSA) is 52.6 Å². The molecule has 0 aromatic carbocycles. The second kappa shape index (κ2) is 3.30. The van der Waals surface area contributed by atoms with Crippen LogP contribution in [0.5, 0.6) is 0 Å². The molecule has 1 aliphatic rings. The van der Waals surface area contributed by atoms with Gasteiger partial charge in [0.05, 0.1) is 0 Å². The van der Waals surface area contributed by atoms with Crippen LogP contribution in [0.25, 0.3) is 0 Å². The van der Waals surface area contributed by atoms with E-state index < -0.39 is 17.9 Å². The average Bonchev–Trinajstić information content (AvgIpc) is 1.95. The predicted molar refractivity (Wildman–Crippen MR) is 44.9 cm³/mol. The zero-order valence-corrected chi connectivity index (χ0v) is 7.87. The molecule has 0 bridgehead atoms. The lowest BCUT2D eigenvalue weighted by atomic mass is 10.0. The van der Waals surface area contributed by atoms with E-state index in [4.69, 9.17) is 9.47 Å². The van der Waals surface area contributed by atoms with E-state index >= 15 is 0 Å². The molecular weight excluding hydrogens is 172 g/mol. The van der Waals surface area contributed by atoms with Gasteiger partial charge in [0.1, 0.15) is 5.60 Å². The van der Waals surface area contributed by atoms with Crippen LogP contribution in [0.4, 0.5) is 0 Å². The third-order valence-electron chi connectivity index (χ3n) is 1.69. The number of carbonyl (C=O) groups excluding carboxylic acids is 2. The minimum atomic E-state index is -0.908. The summed E-state index contributed by atoms with van der Waals surface area (Å²) in [7, 11) is 0. The van der Waals surface area contributed by atoms with E-state index in [1.54, 1.807) is 13.8 Å². The van der Waals surface area contributed by atoms with E-state index in [0.29, 0.717) is 0 Å². The highest BCUT2D eigenvalue weighted by Crippen LogP contribution is 2.20. The molecule has 0 aromatic heterocycles. The monoisotopic (exact) mass is 184 g/mol. The van der Waals surface area contributed by atoms with E-state index in [1.807, 2.05) is 0 Å². The maximum Gasteiger partial charge on any atom is 0.305 e. The van der Waals surface area contributed by atoms with Crippen molar-refractivity contribution < 1.29 is 19.1 Å². The maximum atomic E-state index is 11.2. The number of rotatable bonds is 1. The van der Waals surface area contributed by atoms with Gasteiger partial charge in [0.15, 0.2) is 5.78 Å². The summed E-state index contributed by atoms with van der Waals surface area (Å²) in [5.41, 5.74) is -0.908. The average molecular weight is 184 g/mol. The molecule has 1 unspecified atom stereocenters. The molecule has 1 atom stereocenters. The number of hydrogen-bond donors (Lipinski definition) is 0. The number of ether oxygens (including phenoxy) is 2. The highest BCUT2D eigenvalue weighted by Gasteiger charge is 2.33. The summed E-state index contributed by atoms with van der Waals surface area (Å²) in [6, 6.07) is 0. The second-order valence-electron chi connectivity index (χ2n) is 3.33. The van der Waals surface area contributed by atoms with Crippen molar-refractivity contribution >= 4 is 11.8 Å². The van der Waals surface area contributed by atoms with Crippen LogP contribution in [0.2, 0.25) is 0 Å². The van der Waals surface area contributed by atoms with Crippen LogP contribution in [0, 0.1) is 0 Å². The Bertz CT molecular complexity index is 265. The molecule has 4 heteroatoms. The largest absolute Gasteiger partial charge is 0.432 e. The zero-order chi connectivity index (χ0) is 10.1. The van der Waals surface area contributed by atoms with Gasteiger partial charge in [0, 0.05) is 6.92 Å². The molecule has 0 saturated heterocycles. The van der Waals surface area contributed by atoms with Crippen molar-refractivity contribution in [3.63, 3.8) is 0 Å². The normalized spacial score (nSPS) is 25.8. The molecule has 72 valence electrons. The smallest absolute Gasteiger partial charge is 0.305 e. The highest BCUT2D eigenvalue weighted by molar-refractivity contribution is 5.97. The fourth-order valence-electron chi connectivity index (χ4n) is 0.981. The van der Waals surface area contributed by atoms with Crippen LogP contribution in [0.1, 0.15) is 20.8 Å². The summed E-state index contributed by atoms with van der Waals surface area (Å²) in [5.74, 6) is -0.560. The fraction of sp³-hybridized carbons (Fsp3) is 0.556. The first-order valence-electron chi connectivity index (χ1n) is 3.99. The lowest BCUT2D eigenvalue weighted by Gasteiger charge is -2.29. The first-order chi connectivity index (χ1) is 5.92. The molecule has 13 heavy (non-hydrogen) atoms. The molecule has 1 aliphatic heterocycles. The Hall–Kier alpha value is -1.16. The number of carbonyl (C=O) groups is 2. The second-order valence-corrected chi connectivity index (χ2v) is 3.33. The van der Waals surface area contributed by atoms with Crippen LogP contribution in [-0.2, 0) is 19.1 Å². The van der Waals surface area contributed by atoms with Gasteiger partial charge < -0.3 is 9.47 Å². The van der Waals surface area contributed by atoms with Crippen molar-refractivity contribution in [2.24, 2.45) is 0 Å². The third kappa shape index (κ3) is 2.39. The molecular formula is C9H12O4. The maximum absolute atomic E-state index is 11.2. The fourth-order valence-corrected chi connectivity index (χ4v) is 0.981. The Morgan fingerprint density at radius 1 is 1.62 bits per heavy atom. The van der Waals surface area contributed by atoms with Gasteiger partial charge >= 0.3 is 5.97 Å². The summed E-state index contributed by atoms with van der Waals surface area (Å²) in [4.78, 5) is 21.8. The summed E-state index contributed by atoms with van der Waals surface area (Å²) >= 11 is 0. The predicted octanol–water partition coefficient (Wildman–Crippen LogP) is 0.810. The standard InChI is InChI=1S/C9H12O4/c1-6(10)12-8-5-4-7(11)9(2,3)13-8/h4-5,8H,1-3H3. The van der Waals surface area contributed by atoms with E-state index in [0.717, 1.165) is 0 Å². The van der Waals surface area contributed by atoms with Gasteiger partial charge in [0.2, 0.25) is 6.29 Å². The van der Waals surface area contributed by atoms with Gasteiger partial charge in [0.25, 0.3) is 0 Å². The Labute approximate surface area is 76.5 Å². The minimum Gasteiger partial charge on any atom is -0.432 e. The van der Waals surface area contributed by atoms with Crippen LogP contribution in [0.3, 0.4) is 0 Å². The van der Waals surface area contributed by atoms with Crippen molar-refractivity contribution in [1.29, 1.82) is 0 Å². The first-order valence-corrected chi connectivity index (χ1v) is 3.99. The molecule has 0 saturated carbocycles. The zero-order valence-electron chi connectivity index (χ0n) is 7.87. The van der Waals surface area contributed by atoms with Crippen molar-refractivity contribution in [3.05, 3.63) is 12.2 Å². The van der Waals surface area contributed by atoms with E-state index in [2.05, 4.69) is 0 Å². The number of ketones is 1. The quantitative estimate of drug-likeness (QED) is 0.566. The number of hydrogen-bond acceptors (Lipinski definition) is 4. The lowest BCUT2D eigenvalue weighted by Crippen LogP contribution is -2.41. The molecule has 1 rings (SSSR count). The van der Waals surface area contributed by atoms with Crippen LogP contribution < -0.4 is 0 Å². The SMILES string of the molecule is CC(=O)OC1C=CC(=O)C(C)(C)O1. The van der Waals surface area contributed by atoms with Crippen LogP contribution >= 0.6 is 0 Å². The molecule has 0 amide bonds. The first kappa shape index (κ1) is 9.92. The molecule has 0 aromatic rings. The molecule has 0 spiro atoms. The van der Waals surface area contributed by atoms with Crippen LogP contribution in [0.15, 0.2) is 12.2 Å². The third-order valence-corrected chi connectivity index (χ3v) is 1.69. The Morgan fingerprint density at radius 2 is 2.23 bits per heavy atom. The molecule has 0 aliphatic carbocycles. The van der Waals surface area contributed by atoms with E-state index in [-0.39, 0.29) is 5.78 Å². The summed E-state index contributed by atoms with van der Waals surface area (Å²) in [6.07, 6.45) is 2.05.